The van der Waals surface area contributed by atoms with Gasteiger partial charge >= 0.3 is 0 Å². The molecule has 4 heterocycles. The second-order valence-electron chi connectivity index (χ2n) is 14.4. The van der Waals surface area contributed by atoms with Crippen LogP contribution in [0, 0.1) is 0 Å². The molecule has 0 amide bonds. The standard InChI is InChI=1S/C51H30N4S3/c1-2-13-31(14-3-1)32-15-10-16-33(29-32)49-52-50(34-27-28-44-38(30-34)35-17-4-7-22-41(35)56-44)54-51(53-49)55(39-20-11-25-45-47(39)36-18-5-8-23-42(36)57-45)40-21-12-26-46-48(40)37-19-6-9-24-43(37)58-46/h1-30H. The quantitative estimate of drug-likeness (QED) is 0.168. The van der Waals surface area contributed by atoms with Crippen molar-refractivity contribution in [2.45, 2.75) is 0 Å². The lowest BCUT2D eigenvalue weighted by atomic mass is 10.0. The maximum Gasteiger partial charge on any atom is 0.238 e. The third-order valence-electron chi connectivity index (χ3n) is 10.9. The number of thiophene rings is 3. The van der Waals surface area contributed by atoms with Crippen molar-refractivity contribution < 1.29 is 0 Å². The summed E-state index contributed by atoms with van der Waals surface area (Å²) in [5.41, 5.74) is 6.16. The van der Waals surface area contributed by atoms with Crippen molar-refractivity contribution in [3.8, 4) is 33.9 Å². The van der Waals surface area contributed by atoms with Gasteiger partial charge in [0.15, 0.2) is 11.6 Å². The number of anilines is 3. The Labute approximate surface area is 345 Å². The molecular weight excluding hydrogens is 765 g/mol. The van der Waals surface area contributed by atoms with Crippen LogP contribution in [0.2, 0.25) is 0 Å². The minimum atomic E-state index is 0.561. The molecule has 0 spiro atoms. The Kier molecular flexibility index (Phi) is 7.72. The second-order valence-corrected chi connectivity index (χ2v) is 17.6. The van der Waals surface area contributed by atoms with Gasteiger partial charge in [-0.1, -0.05) is 115 Å². The van der Waals surface area contributed by atoms with Crippen LogP contribution >= 0.6 is 34.0 Å². The number of benzene rings is 8. The molecule has 4 nitrogen and oxygen atoms in total. The number of hydrogen-bond donors (Lipinski definition) is 0. The monoisotopic (exact) mass is 794 g/mol. The largest absolute Gasteiger partial charge is 0.278 e. The zero-order valence-corrected chi connectivity index (χ0v) is 33.3. The fourth-order valence-electron chi connectivity index (χ4n) is 8.29. The first-order valence-corrected chi connectivity index (χ1v) is 21.6. The molecule has 272 valence electrons. The minimum Gasteiger partial charge on any atom is -0.278 e. The van der Waals surface area contributed by atoms with Gasteiger partial charge in [0.25, 0.3) is 0 Å². The molecule has 0 saturated carbocycles. The van der Waals surface area contributed by atoms with Gasteiger partial charge in [-0.2, -0.15) is 9.97 Å². The smallest absolute Gasteiger partial charge is 0.238 e. The lowest BCUT2D eigenvalue weighted by Gasteiger charge is -2.26. The van der Waals surface area contributed by atoms with Crippen molar-refractivity contribution in [3.05, 3.63) is 182 Å². The highest BCUT2D eigenvalue weighted by Crippen LogP contribution is 2.48. The van der Waals surface area contributed by atoms with E-state index in [0.29, 0.717) is 17.6 Å². The zero-order valence-electron chi connectivity index (χ0n) is 30.8. The molecule has 58 heavy (non-hydrogen) atoms. The van der Waals surface area contributed by atoms with E-state index >= 15 is 0 Å². The molecule has 0 bridgehead atoms. The summed E-state index contributed by atoms with van der Waals surface area (Å²) >= 11 is 5.45. The van der Waals surface area contributed by atoms with E-state index in [1.54, 1.807) is 0 Å². The summed E-state index contributed by atoms with van der Waals surface area (Å²) < 4.78 is 7.42. The number of fused-ring (bicyclic) bond motifs is 9. The van der Waals surface area contributed by atoms with Crippen molar-refractivity contribution in [1.82, 2.24) is 15.0 Å². The van der Waals surface area contributed by atoms with E-state index in [2.05, 4.69) is 187 Å². The summed E-state index contributed by atoms with van der Waals surface area (Å²) in [6, 6.07) is 64.9. The Balaban J connectivity index is 1.17. The lowest BCUT2D eigenvalue weighted by molar-refractivity contribution is 1.03. The zero-order chi connectivity index (χ0) is 38.2. The second kappa shape index (κ2) is 13.4. The highest BCUT2D eigenvalue weighted by atomic mass is 32.1. The molecule has 0 aliphatic carbocycles. The molecule has 0 fully saturated rings. The number of rotatable bonds is 6. The number of nitrogens with zero attached hydrogens (tertiary/aromatic N) is 4. The van der Waals surface area contributed by atoms with Gasteiger partial charge in [-0.3, -0.25) is 4.90 Å². The summed E-state index contributed by atoms with van der Waals surface area (Å²) in [5, 5.41) is 7.23. The summed E-state index contributed by atoms with van der Waals surface area (Å²) in [4.78, 5) is 18.6. The van der Waals surface area contributed by atoms with E-state index in [-0.39, 0.29) is 0 Å². The molecule has 0 aliphatic heterocycles. The normalized spacial score (nSPS) is 11.8. The van der Waals surface area contributed by atoms with Crippen molar-refractivity contribution in [3.63, 3.8) is 0 Å². The van der Waals surface area contributed by atoms with Crippen molar-refractivity contribution in [2.75, 3.05) is 4.90 Å². The average Bonchev–Trinajstić information content (AvgIpc) is 3.98. The first-order chi connectivity index (χ1) is 28.7. The Morgan fingerprint density at radius 1 is 0.310 bits per heavy atom. The van der Waals surface area contributed by atoms with Crippen LogP contribution in [-0.4, -0.2) is 15.0 Å². The fourth-order valence-corrected chi connectivity index (χ4v) is 11.6. The molecule has 0 unspecified atom stereocenters. The Morgan fingerprint density at radius 3 is 1.43 bits per heavy atom. The van der Waals surface area contributed by atoms with Gasteiger partial charge in [-0.05, 0) is 77.9 Å². The van der Waals surface area contributed by atoms with Gasteiger partial charge in [0, 0.05) is 71.6 Å². The molecule has 8 aromatic carbocycles. The topological polar surface area (TPSA) is 41.9 Å². The molecular formula is C51H30N4S3. The van der Waals surface area contributed by atoms with Gasteiger partial charge in [0.1, 0.15) is 0 Å². The predicted molar refractivity (Wildman–Crippen MR) is 249 cm³/mol. The predicted octanol–water partition coefficient (Wildman–Crippen LogP) is 15.4. The molecule has 12 rings (SSSR count). The van der Waals surface area contributed by atoms with Crippen LogP contribution in [-0.2, 0) is 0 Å². The van der Waals surface area contributed by atoms with E-state index in [9.17, 15) is 0 Å². The molecule has 12 aromatic rings. The van der Waals surface area contributed by atoms with Crippen LogP contribution in [0.5, 0.6) is 0 Å². The Hall–Kier alpha value is -6.77. The minimum absolute atomic E-state index is 0.561. The van der Waals surface area contributed by atoms with Gasteiger partial charge < -0.3 is 0 Å². The average molecular weight is 795 g/mol. The van der Waals surface area contributed by atoms with Gasteiger partial charge in [0.2, 0.25) is 5.95 Å². The van der Waals surface area contributed by atoms with E-state index in [1.807, 2.05) is 34.0 Å². The molecule has 7 heteroatoms. The molecule has 0 N–H and O–H groups in total. The molecule has 0 radical (unpaired) electrons. The molecule has 4 aromatic heterocycles. The van der Waals surface area contributed by atoms with Crippen LogP contribution in [0.4, 0.5) is 17.3 Å². The van der Waals surface area contributed by atoms with Crippen LogP contribution in [0.15, 0.2) is 182 Å². The first-order valence-electron chi connectivity index (χ1n) is 19.2. The maximum atomic E-state index is 5.49. The van der Waals surface area contributed by atoms with Crippen LogP contribution in [0.25, 0.3) is 94.4 Å². The molecule has 0 saturated heterocycles. The number of hydrogen-bond acceptors (Lipinski definition) is 7. The highest BCUT2D eigenvalue weighted by molar-refractivity contribution is 7.26. The van der Waals surface area contributed by atoms with Crippen molar-refractivity contribution >= 4 is 112 Å². The third-order valence-corrected chi connectivity index (χ3v) is 14.4. The van der Waals surface area contributed by atoms with Crippen molar-refractivity contribution in [1.29, 1.82) is 0 Å². The van der Waals surface area contributed by atoms with E-state index in [0.717, 1.165) is 33.6 Å². The Bertz CT molecular complexity index is 3430. The summed E-state index contributed by atoms with van der Waals surface area (Å²) in [6.07, 6.45) is 0. The van der Waals surface area contributed by atoms with Crippen LogP contribution in [0.1, 0.15) is 0 Å². The fraction of sp³-hybridized carbons (Fsp3) is 0. The summed E-state index contributed by atoms with van der Waals surface area (Å²) in [6.45, 7) is 0. The SMILES string of the molecule is c1ccc(-c2cccc(-c3nc(-c4ccc5sc6ccccc6c5c4)nc(N(c4cccc5sc6ccccc6c45)c4cccc5sc6ccccc6c45)n3)c2)cc1. The van der Waals surface area contributed by atoms with Crippen molar-refractivity contribution in [2.24, 2.45) is 0 Å². The molecule has 0 aliphatic rings. The summed E-state index contributed by atoms with van der Waals surface area (Å²) in [5.74, 6) is 1.80. The van der Waals surface area contributed by atoms with E-state index < -0.39 is 0 Å². The lowest BCUT2D eigenvalue weighted by Crippen LogP contribution is -2.16. The highest BCUT2D eigenvalue weighted by Gasteiger charge is 2.26. The van der Waals surface area contributed by atoms with Crippen LogP contribution < -0.4 is 4.90 Å². The van der Waals surface area contributed by atoms with Gasteiger partial charge in [0.05, 0.1) is 11.4 Å². The Morgan fingerprint density at radius 2 is 0.776 bits per heavy atom. The van der Waals surface area contributed by atoms with E-state index in [1.165, 1.54) is 60.5 Å². The first kappa shape index (κ1) is 33.4. The van der Waals surface area contributed by atoms with Gasteiger partial charge in [-0.25, -0.2) is 4.98 Å². The maximum absolute atomic E-state index is 5.49. The third kappa shape index (κ3) is 5.43. The molecule has 0 atom stereocenters. The van der Waals surface area contributed by atoms with E-state index in [4.69, 9.17) is 15.0 Å². The number of aromatic nitrogens is 3. The van der Waals surface area contributed by atoms with Crippen LogP contribution in [0.3, 0.4) is 0 Å². The summed E-state index contributed by atoms with van der Waals surface area (Å²) in [7, 11) is 0. The van der Waals surface area contributed by atoms with Gasteiger partial charge in [-0.15, -0.1) is 34.0 Å².